The average molecular weight is 301 g/mol. The van der Waals surface area contributed by atoms with Gasteiger partial charge in [0.05, 0.1) is 7.11 Å². The predicted octanol–water partition coefficient (Wildman–Crippen LogP) is 3.81. The van der Waals surface area contributed by atoms with Crippen LogP contribution >= 0.6 is 0 Å². The molecule has 0 radical (unpaired) electrons. The number of nitrogens with zero attached hydrogens (tertiary/aromatic N) is 1. The van der Waals surface area contributed by atoms with Crippen molar-refractivity contribution in [1.29, 1.82) is 0 Å². The van der Waals surface area contributed by atoms with Gasteiger partial charge >= 0.3 is 0 Å². The minimum atomic E-state index is -0.471. The van der Waals surface area contributed by atoms with E-state index in [9.17, 15) is 9.18 Å². The van der Waals surface area contributed by atoms with Crippen LogP contribution in [0.15, 0.2) is 42.5 Å². The molecule has 0 saturated carbocycles. The van der Waals surface area contributed by atoms with E-state index in [0.29, 0.717) is 18.7 Å². The Bertz CT molecular complexity index is 670. The maximum absolute atomic E-state index is 13.5. The molecule has 0 unspecified atom stereocenters. The zero-order valence-electron chi connectivity index (χ0n) is 13.1. The maximum Gasteiger partial charge on any atom is 0.254 e. The summed E-state index contributed by atoms with van der Waals surface area (Å²) in [5.74, 6) is -0.525. The van der Waals surface area contributed by atoms with E-state index in [-0.39, 0.29) is 11.7 Å². The Morgan fingerprint density at radius 1 is 1.23 bits per heavy atom. The van der Waals surface area contributed by atoms with Crippen molar-refractivity contribution in [2.75, 3.05) is 13.7 Å². The number of hydrogen-bond acceptors (Lipinski definition) is 2. The second kappa shape index (κ2) is 7.07. The highest BCUT2D eigenvalue weighted by molar-refractivity contribution is 5.94. The monoisotopic (exact) mass is 301 g/mol. The molecule has 0 aliphatic rings. The Balaban J connectivity index is 2.24. The molecule has 0 aromatic heterocycles. The summed E-state index contributed by atoms with van der Waals surface area (Å²) in [5.41, 5.74) is 2.67. The molecular formula is C18H20FNO2. The van der Waals surface area contributed by atoms with Crippen molar-refractivity contribution >= 4 is 5.91 Å². The van der Waals surface area contributed by atoms with Crippen molar-refractivity contribution in [2.24, 2.45) is 0 Å². The van der Waals surface area contributed by atoms with E-state index in [2.05, 4.69) is 0 Å². The fourth-order valence-corrected chi connectivity index (χ4v) is 2.30. The molecule has 0 atom stereocenters. The van der Waals surface area contributed by atoms with Crippen LogP contribution in [0.25, 0.3) is 0 Å². The van der Waals surface area contributed by atoms with Gasteiger partial charge in [0.25, 0.3) is 5.91 Å². The van der Waals surface area contributed by atoms with Crippen LogP contribution in [0.1, 0.15) is 28.4 Å². The van der Waals surface area contributed by atoms with E-state index >= 15 is 0 Å². The highest BCUT2D eigenvalue weighted by atomic mass is 19.1. The van der Waals surface area contributed by atoms with Crippen molar-refractivity contribution in [2.45, 2.75) is 20.4 Å². The van der Waals surface area contributed by atoms with Crippen LogP contribution in [-0.2, 0) is 6.54 Å². The SMILES string of the molecule is CCN(Cc1ccccc1C)C(=O)c1ccc(F)c(OC)c1. The first kappa shape index (κ1) is 16.0. The lowest BCUT2D eigenvalue weighted by Crippen LogP contribution is -2.30. The third kappa shape index (κ3) is 3.45. The number of carbonyl (C=O) groups excluding carboxylic acids is 1. The third-order valence-electron chi connectivity index (χ3n) is 3.69. The zero-order chi connectivity index (χ0) is 16.1. The van der Waals surface area contributed by atoms with Gasteiger partial charge in [0, 0.05) is 18.7 Å². The van der Waals surface area contributed by atoms with Crippen LogP contribution in [0.2, 0.25) is 0 Å². The summed E-state index contributed by atoms with van der Waals surface area (Å²) in [6.07, 6.45) is 0. The maximum atomic E-state index is 13.5. The lowest BCUT2D eigenvalue weighted by molar-refractivity contribution is 0.0752. The molecule has 22 heavy (non-hydrogen) atoms. The molecule has 0 bridgehead atoms. The summed E-state index contributed by atoms with van der Waals surface area (Å²) in [4.78, 5) is 14.4. The molecule has 0 aliphatic heterocycles. The molecule has 3 nitrogen and oxygen atoms in total. The Morgan fingerprint density at radius 3 is 2.59 bits per heavy atom. The van der Waals surface area contributed by atoms with Crippen molar-refractivity contribution in [3.05, 3.63) is 65.0 Å². The summed E-state index contributed by atoms with van der Waals surface area (Å²) >= 11 is 0. The van der Waals surface area contributed by atoms with Crippen LogP contribution in [-0.4, -0.2) is 24.5 Å². The van der Waals surface area contributed by atoms with E-state index < -0.39 is 5.82 Å². The summed E-state index contributed by atoms with van der Waals surface area (Å²) in [5, 5.41) is 0. The number of methoxy groups -OCH3 is 1. The fourth-order valence-electron chi connectivity index (χ4n) is 2.30. The van der Waals surface area contributed by atoms with Crippen LogP contribution in [0.5, 0.6) is 5.75 Å². The number of aryl methyl sites for hydroxylation is 1. The minimum absolute atomic E-state index is 0.0813. The fraction of sp³-hybridized carbons (Fsp3) is 0.278. The van der Waals surface area contributed by atoms with Crippen LogP contribution in [0.4, 0.5) is 4.39 Å². The lowest BCUT2D eigenvalue weighted by atomic mass is 10.1. The molecule has 0 fully saturated rings. The number of amides is 1. The molecule has 2 aromatic carbocycles. The van der Waals surface area contributed by atoms with Crippen LogP contribution in [0, 0.1) is 12.7 Å². The molecule has 0 N–H and O–H groups in total. The van der Waals surface area contributed by atoms with Gasteiger partial charge in [0.15, 0.2) is 11.6 Å². The molecule has 116 valence electrons. The van der Waals surface area contributed by atoms with Gasteiger partial charge in [-0.1, -0.05) is 24.3 Å². The third-order valence-corrected chi connectivity index (χ3v) is 3.69. The first-order valence-corrected chi connectivity index (χ1v) is 7.24. The Morgan fingerprint density at radius 2 is 1.95 bits per heavy atom. The lowest BCUT2D eigenvalue weighted by Gasteiger charge is -2.22. The summed E-state index contributed by atoms with van der Waals surface area (Å²) in [6, 6.07) is 12.2. The van der Waals surface area contributed by atoms with Gasteiger partial charge in [-0.3, -0.25) is 4.79 Å². The minimum Gasteiger partial charge on any atom is -0.494 e. The first-order chi connectivity index (χ1) is 10.6. The van der Waals surface area contributed by atoms with Crippen LogP contribution < -0.4 is 4.74 Å². The molecule has 0 spiro atoms. The van der Waals surface area contributed by atoms with E-state index in [1.807, 2.05) is 38.1 Å². The van der Waals surface area contributed by atoms with Gasteiger partial charge in [-0.25, -0.2) is 4.39 Å². The van der Waals surface area contributed by atoms with E-state index in [1.165, 1.54) is 25.3 Å². The molecule has 2 aromatic rings. The Labute approximate surface area is 130 Å². The molecule has 0 heterocycles. The van der Waals surface area contributed by atoms with Gasteiger partial charge in [-0.05, 0) is 43.2 Å². The highest BCUT2D eigenvalue weighted by Crippen LogP contribution is 2.20. The van der Waals surface area contributed by atoms with Gasteiger partial charge in [-0.2, -0.15) is 0 Å². The van der Waals surface area contributed by atoms with Crippen molar-refractivity contribution in [1.82, 2.24) is 4.90 Å². The van der Waals surface area contributed by atoms with E-state index in [1.54, 1.807) is 4.90 Å². The molecule has 4 heteroatoms. The number of hydrogen-bond donors (Lipinski definition) is 0. The first-order valence-electron chi connectivity index (χ1n) is 7.24. The second-order valence-corrected chi connectivity index (χ2v) is 5.10. The molecule has 1 amide bonds. The van der Waals surface area contributed by atoms with E-state index in [0.717, 1.165) is 11.1 Å². The number of ether oxygens (including phenoxy) is 1. The predicted molar refractivity (Wildman–Crippen MR) is 84.5 cm³/mol. The van der Waals surface area contributed by atoms with Gasteiger partial charge in [0.2, 0.25) is 0 Å². The highest BCUT2D eigenvalue weighted by Gasteiger charge is 2.17. The topological polar surface area (TPSA) is 29.5 Å². The van der Waals surface area contributed by atoms with Gasteiger partial charge in [-0.15, -0.1) is 0 Å². The van der Waals surface area contributed by atoms with Gasteiger partial charge in [0.1, 0.15) is 0 Å². The van der Waals surface area contributed by atoms with Crippen molar-refractivity contribution in [3.63, 3.8) is 0 Å². The standard InChI is InChI=1S/C18H20FNO2/c1-4-20(12-15-8-6-5-7-13(15)2)18(21)14-9-10-16(19)17(11-14)22-3/h5-11H,4,12H2,1-3H3. The molecular weight excluding hydrogens is 281 g/mol. The van der Waals surface area contributed by atoms with Crippen molar-refractivity contribution in [3.8, 4) is 5.75 Å². The smallest absolute Gasteiger partial charge is 0.254 e. The van der Waals surface area contributed by atoms with Crippen molar-refractivity contribution < 1.29 is 13.9 Å². The average Bonchev–Trinajstić information content (AvgIpc) is 2.54. The quantitative estimate of drug-likeness (QED) is 0.840. The van der Waals surface area contributed by atoms with Gasteiger partial charge < -0.3 is 9.64 Å². The summed E-state index contributed by atoms with van der Waals surface area (Å²) in [6.45, 7) is 5.06. The normalized spacial score (nSPS) is 10.4. The Hall–Kier alpha value is -2.36. The Kier molecular flexibility index (Phi) is 5.15. The molecule has 2 rings (SSSR count). The second-order valence-electron chi connectivity index (χ2n) is 5.10. The zero-order valence-corrected chi connectivity index (χ0v) is 13.1. The molecule has 0 saturated heterocycles. The number of carbonyl (C=O) groups is 1. The van der Waals surface area contributed by atoms with Crippen LogP contribution in [0.3, 0.4) is 0 Å². The molecule has 0 aliphatic carbocycles. The number of benzene rings is 2. The largest absolute Gasteiger partial charge is 0.494 e. The number of halogens is 1. The summed E-state index contributed by atoms with van der Waals surface area (Å²) in [7, 11) is 1.39. The number of rotatable bonds is 5. The van der Waals surface area contributed by atoms with E-state index in [4.69, 9.17) is 4.74 Å². The summed E-state index contributed by atoms with van der Waals surface area (Å²) < 4.78 is 18.4.